The van der Waals surface area contributed by atoms with Crippen LogP contribution < -0.4 is 10.2 Å². The minimum absolute atomic E-state index is 0. The van der Waals surface area contributed by atoms with Crippen molar-refractivity contribution in [2.24, 2.45) is 4.99 Å². The van der Waals surface area contributed by atoms with Crippen molar-refractivity contribution in [2.75, 3.05) is 58.3 Å². The molecule has 8 heteroatoms. The summed E-state index contributed by atoms with van der Waals surface area (Å²) in [7, 11) is 3.51. The highest BCUT2D eigenvalue weighted by Crippen LogP contribution is 2.12. The van der Waals surface area contributed by atoms with E-state index in [-0.39, 0.29) is 36.4 Å². The smallest absolute Gasteiger partial charge is 0.243 e. The highest BCUT2D eigenvalue weighted by molar-refractivity contribution is 14.0. The Morgan fingerprint density at radius 1 is 1.07 bits per heavy atom. The number of guanidine groups is 1. The maximum Gasteiger partial charge on any atom is 0.243 e. The summed E-state index contributed by atoms with van der Waals surface area (Å²) in [4.78, 5) is 27.2. The molecule has 1 saturated heterocycles. The lowest BCUT2D eigenvalue weighted by Gasteiger charge is -2.37. The van der Waals surface area contributed by atoms with Crippen LogP contribution in [-0.4, -0.2) is 80.0 Å². The molecule has 0 radical (unpaired) electrons. The van der Waals surface area contributed by atoms with Gasteiger partial charge in [-0.3, -0.25) is 4.79 Å². The van der Waals surface area contributed by atoms with Crippen LogP contribution in [0.25, 0.3) is 0 Å². The molecule has 1 aromatic heterocycles. The average Bonchev–Trinajstić information content (AvgIpc) is 2.77. The van der Waals surface area contributed by atoms with E-state index < -0.39 is 0 Å². The summed E-state index contributed by atoms with van der Waals surface area (Å²) in [6.07, 6.45) is 2.74. The van der Waals surface area contributed by atoms with Crippen molar-refractivity contribution in [1.29, 1.82) is 0 Å². The first-order valence-electron chi connectivity index (χ1n) is 10.1. The number of carbonyl (C=O) groups excluding carboxylic acids is 1. The van der Waals surface area contributed by atoms with Crippen molar-refractivity contribution >= 4 is 41.7 Å². The molecule has 1 aliphatic rings. The fourth-order valence-electron chi connectivity index (χ4n) is 3.20. The third-order valence-corrected chi connectivity index (χ3v) is 4.95. The molecule has 7 nitrogen and oxygen atoms in total. The van der Waals surface area contributed by atoms with Crippen LogP contribution >= 0.6 is 24.0 Å². The van der Waals surface area contributed by atoms with Gasteiger partial charge in [-0.1, -0.05) is 36.4 Å². The van der Waals surface area contributed by atoms with Crippen LogP contribution in [0.3, 0.4) is 0 Å². The van der Waals surface area contributed by atoms with Crippen molar-refractivity contribution in [1.82, 2.24) is 20.1 Å². The van der Waals surface area contributed by atoms with E-state index in [1.54, 1.807) is 19.0 Å². The molecule has 30 heavy (non-hydrogen) atoms. The second kappa shape index (κ2) is 12.4. The van der Waals surface area contributed by atoms with E-state index in [1.165, 1.54) is 5.56 Å². The highest BCUT2D eigenvalue weighted by Gasteiger charge is 2.21. The quantitative estimate of drug-likeness (QED) is 0.358. The van der Waals surface area contributed by atoms with E-state index in [9.17, 15) is 4.79 Å². The van der Waals surface area contributed by atoms with E-state index in [2.05, 4.69) is 49.4 Å². The van der Waals surface area contributed by atoms with E-state index in [0.717, 1.165) is 50.9 Å². The molecule has 1 fully saturated rings. The Morgan fingerprint density at radius 3 is 2.40 bits per heavy atom. The van der Waals surface area contributed by atoms with Crippen molar-refractivity contribution in [3.8, 4) is 0 Å². The molecule has 0 bridgehead atoms. The SMILES string of the molecule is CN(C)C(=O)CN=C(NCCc1ccccc1)N1CCN(c2ccccn2)CC1.I. The van der Waals surface area contributed by atoms with Crippen LogP contribution in [0.15, 0.2) is 59.7 Å². The third-order valence-electron chi connectivity index (χ3n) is 4.95. The highest BCUT2D eigenvalue weighted by atomic mass is 127. The molecule has 162 valence electrons. The Labute approximate surface area is 196 Å². The molecule has 0 spiro atoms. The summed E-state index contributed by atoms with van der Waals surface area (Å²) in [6, 6.07) is 16.4. The fraction of sp³-hybridized carbons (Fsp3) is 0.409. The minimum atomic E-state index is -0.000481. The number of carbonyl (C=O) groups is 1. The van der Waals surface area contributed by atoms with Gasteiger partial charge in [0, 0.05) is 53.0 Å². The van der Waals surface area contributed by atoms with Gasteiger partial charge in [0.05, 0.1) is 0 Å². The number of pyridine rings is 1. The third kappa shape index (κ3) is 7.16. The minimum Gasteiger partial charge on any atom is -0.356 e. The topological polar surface area (TPSA) is 64.1 Å². The van der Waals surface area contributed by atoms with E-state index in [4.69, 9.17) is 0 Å². The number of hydrogen-bond acceptors (Lipinski definition) is 4. The number of anilines is 1. The predicted octanol–water partition coefficient (Wildman–Crippen LogP) is 2.10. The molecule has 3 rings (SSSR count). The van der Waals surface area contributed by atoms with Gasteiger partial charge in [-0.05, 0) is 24.1 Å². The Kier molecular flexibility index (Phi) is 9.85. The van der Waals surface area contributed by atoms with Gasteiger partial charge in [0.15, 0.2) is 5.96 Å². The van der Waals surface area contributed by atoms with E-state index in [1.807, 2.05) is 30.5 Å². The Balaban J connectivity index is 0.00000320. The largest absolute Gasteiger partial charge is 0.356 e. The first-order valence-corrected chi connectivity index (χ1v) is 10.1. The zero-order valence-corrected chi connectivity index (χ0v) is 20.0. The zero-order valence-electron chi connectivity index (χ0n) is 17.7. The number of amides is 1. The lowest BCUT2D eigenvalue weighted by Crippen LogP contribution is -2.53. The summed E-state index contributed by atoms with van der Waals surface area (Å²) >= 11 is 0. The maximum absolute atomic E-state index is 12.0. The van der Waals surface area contributed by atoms with Gasteiger partial charge >= 0.3 is 0 Å². The first kappa shape index (κ1) is 23.9. The Bertz CT molecular complexity index is 792. The van der Waals surface area contributed by atoms with Gasteiger partial charge in [-0.15, -0.1) is 24.0 Å². The van der Waals surface area contributed by atoms with Crippen LogP contribution in [0.5, 0.6) is 0 Å². The van der Waals surface area contributed by atoms with Crippen LogP contribution in [0, 0.1) is 0 Å². The molecule has 1 aliphatic heterocycles. The fourth-order valence-corrected chi connectivity index (χ4v) is 3.20. The van der Waals surface area contributed by atoms with Crippen LogP contribution in [0.4, 0.5) is 5.82 Å². The molecule has 1 aromatic carbocycles. The summed E-state index contributed by atoms with van der Waals surface area (Å²) in [5, 5.41) is 3.46. The number of piperazine rings is 1. The second-order valence-electron chi connectivity index (χ2n) is 7.25. The molecule has 2 heterocycles. The molecular weight excluding hydrogens is 491 g/mol. The van der Waals surface area contributed by atoms with Crippen LogP contribution in [0.1, 0.15) is 5.56 Å². The van der Waals surface area contributed by atoms with Crippen molar-refractivity contribution in [2.45, 2.75) is 6.42 Å². The van der Waals surface area contributed by atoms with Crippen LogP contribution in [-0.2, 0) is 11.2 Å². The van der Waals surface area contributed by atoms with E-state index in [0.29, 0.717) is 0 Å². The number of nitrogens with zero attached hydrogens (tertiary/aromatic N) is 5. The summed E-state index contributed by atoms with van der Waals surface area (Å²) in [6.45, 7) is 4.35. The number of aromatic nitrogens is 1. The van der Waals surface area contributed by atoms with Crippen LogP contribution in [0.2, 0.25) is 0 Å². The molecule has 1 amide bonds. The Morgan fingerprint density at radius 2 is 1.77 bits per heavy atom. The van der Waals surface area contributed by atoms with Crippen molar-refractivity contribution in [3.05, 3.63) is 60.3 Å². The summed E-state index contributed by atoms with van der Waals surface area (Å²) in [5.74, 6) is 1.81. The number of rotatable bonds is 6. The van der Waals surface area contributed by atoms with Gasteiger partial charge in [0.1, 0.15) is 12.4 Å². The number of hydrogen-bond donors (Lipinski definition) is 1. The van der Waals surface area contributed by atoms with Gasteiger partial charge in [0.25, 0.3) is 0 Å². The maximum atomic E-state index is 12.0. The summed E-state index contributed by atoms with van der Waals surface area (Å²) < 4.78 is 0. The average molecular weight is 522 g/mol. The van der Waals surface area contributed by atoms with E-state index >= 15 is 0 Å². The van der Waals surface area contributed by atoms with Gasteiger partial charge in [-0.2, -0.15) is 0 Å². The van der Waals surface area contributed by atoms with Gasteiger partial charge in [0.2, 0.25) is 5.91 Å². The monoisotopic (exact) mass is 522 g/mol. The molecule has 2 aromatic rings. The van der Waals surface area contributed by atoms with Crippen molar-refractivity contribution in [3.63, 3.8) is 0 Å². The molecule has 0 saturated carbocycles. The summed E-state index contributed by atoms with van der Waals surface area (Å²) in [5.41, 5.74) is 1.28. The lowest BCUT2D eigenvalue weighted by atomic mass is 10.1. The Hall–Kier alpha value is -2.36. The number of benzene rings is 1. The molecule has 0 aliphatic carbocycles. The van der Waals surface area contributed by atoms with Gasteiger partial charge in [-0.25, -0.2) is 9.98 Å². The predicted molar refractivity (Wildman–Crippen MR) is 133 cm³/mol. The molecule has 0 atom stereocenters. The number of likely N-dealkylation sites (N-methyl/N-ethyl adjacent to an activating group) is 1. The van der Waals surface area contributed by atoms with Crippen molar-refractivity contribution < 1.29 is 4.79 Å². The molecule has 1 N–H and O–H groups in total. The standard InChI is InChI=1S/C22H30N6O.HI/c1-26(2)21(29)18-25-22(24-13-11-19-8-4-3-5-9-19)28-16-14-27(15-17-28)20-10-6-7-12-23-20;/h3-10,12H,11,13-18H2,1-2H3,(H,24,25);1H. The zero-order chi connectivity index (χ0) is 20.5. The number of nitrogens with one attached hydrogen (secondary N) is 1. The van der Waals surface area contributed by atoms with Gasteiger partial charge < -0.3 is 20.0 Å². The molecule has 0 unspecified atom stereocenters. The first-order chi connectivity index (χ1) is 14.1. The second-order valence-corrected chi connectivity index (χ2v) is 7.25. The molecular formula is C22H31IN6O. The lowest BCUT2D eigenvalue weighted by molar-refractivity contribution is -0.127. The normalized spacial score (nSPS) is 14.1. The number of aliphatic imine (C=N–C) groups is 1. The number of halogens is 1.